The molecule has 30 heavy (non-hydrogen) atoms. The lowest BCUT2D eigenvalue weighted by Gasteiger charge is -2.27. The third-order valence-electron chi connectivity index (χ3n) is 5.65. The number of ether oxygens (including phenoxy) is 1. The summed E-state index contributed by atoms with van der Waals surface area (Å²) in [5.41, 5.74) is 1.97. The van der Waals surface area contributed by atoms with Gasteiger partial charge in [-0.3, -0.25) is 9.88 Å². The Hall–Kier alpha value is -2.33. The molecular weight excluding hydrogens is 420 g/mol. The number of likely N-dealkylation sites (tertiary alicyclic amines) is 1. The molecule has 0 aliphatic carbocycles. The van der Waals surface area contributed by atoms with Crippen molar-refractivity contribution >= 4 is 21.4 Å². The van der Waals surface area contributed by atoms with Crippen molar-refractivity contribution in [2.24, 2.45) is 0 Å². The molecular formula is C21H22N4O3S2. The SMILES string of the molecule is Cc1ccsc1CN1C[C@@H]2[C@@H](C1)Oc1ncccc1S(=O)(=O)N2Cc1ccccn1. The molecule has 0 unspecified atom stereocenters. The van der Waals surface area contributed by atoms with Gasteiger partial charge in [-0.25, -0.2) is 13.4 Å². The van der Waals surface area contributed by atoms with Crippen molar-refractivity contribution < 1.29 is 13.2 Å². The van der Waals surface area contributed by atoms with Crippen LogP contribution >= 0.6 is 11.3 Å². The zero-order valence-corrected chi connectivity index (χ0v) is 18.1. The number of aromatic nitrogens is 2. The van der Waals surface area contributed by atoms with Gasteiger partial charge in [-0.15, -0.1) is 11.3 Å². The van der Waals surface area contributed by atoms with E-state index < -0.39 is 10.0 Å². The zero-order valence-electron chi connectivity index (χ0n) is 16.5. The Labute approximate surface area is 180 Å². The Morgan fingerprint density at radius 3 is 2.73 bits per heavy atom. The molecule has 0 spiro atoms. The molecule has 3 aromatic rings. The second kappa shape index (κ2) is 7.73. The average molecular weight is 443 g/mol. The molecule has 156 valence electrons. The second-order valence-corrected chi connectivity index (χ2v) is 10.5. The minimum atomic E-state index is -3.78. The first-order valence-corrected chi connectivity index (χ1v) is 12.1. The summed E-state index contributed by atoms with van der Waals surface area (Å²) in [6, 6.07) is 10.5. The van der Waals surface area contributed by atoms with E-state index in [2.05, 4.69) is 33.2 Å². The van der Waals surface area contributed by atoms with Crippen LogP contribution in [0.4, 0.5) is 0 Å². The van der Waals surface area contributed by atoms with Crippen molar-refractivity contribution in [1.82, 2.24) is 19.2 Å². The van der Waals surface area contributed by atoms with E-state index >= 15 is 0 Å². The largest absolute Gasteiger partial charge is 0.470 e. The van der Waals surface area contributed by atoms with E-state index in [1.165, 1.54) is 10.4 Å². The average Bonchev–Trinajstić information content (AvgIpc) is 3.31. The highest BCUT2D eigenvalue weighted by atomic mass is 32.2. The topological polar surface area (TPSA) is 75.6 Å². The van der Waals surface area contributed by atoms with E-state index in [1.54, 1.807) is 40.2 Å². The number of nitrogens with zero attached hydrogens (tertiary/aromatic N) is 4. The Bertz CT molecular complexity index is 1150. The van der Waals surface area contributed by atoms with Crippen molar-refractivity contribution in [3.63, 3.8) is 0 Å². The third-order valence-corrected chi connectivity index (χ3v) is 8.54. The molecule has 3 aromatic heterocycles. The Morgan fingerprint density at radius 1 is 1.10 bits per heavy atom. The fraction of sp³-hybridized carbons (Fsp3) is 0.333. The van der Waals surface area contributed by atoms with Gasteiger partial charge < -0.3 is 4.74 Å². The Morgan fingerprint density at radius 2 is 1.97 bits per heavy atom. The predicted octanol–water partition coefficient (Wildman–Crippen LogP) is 2.68. The third kappa shape index (κ3) is 3.51. The van der Waals surface area contributed by atoms with E-state index in [0.29, 0.717) is 18.8 Å². The lowest BCUT2D eigenvalue weighted by atomic mass is 10.2. The second-order valence-electron chi connectivity index (χ2n) is 7.62. The fourth-order valence-corrected chi connectivity index (χ4v) is 6.72. The summed E-state index contributed by atoms with van der Waals surface area (Å²) in [5, 5.41) is 2.09. The molecule has 5 rings (SSSR count). The summed E-state index contributed by atoms with van der Waals surface area (Å²) in [4.78, 5) is 12.3. The van der Waals surface area contributed by atoms with Crippen LogP contribution in [-0.4, -0.2) is 52.8 Å². The van der Waals surface area contributed by atoms with Crippen molar-refractivity contribution in [3.8, 4) is 5.88 Å². The van der Waals surface area contributed by atoms with Crippen LogP contribution in [-0.2, 0) is 23.1 Å². The van der Waals surface area contributed by atoms with Crippen molar-refractivity contribution in [3.05, 3.63) is 70.3 Å². The number of rotatable bonds is 4. The van der Waals surface area contributed by atoms with Gasteiger partial charge in [-0.1, -0.05) is 6.07 Å². The summed E-state index contributed by atoms with van der Waals surface area (Å²) < 4.78 is 34.9. The minimum Gasteiger partial charge on any atom is -0.470 e. The van der Waals surface area contributed by atoms with Crippen LogP contribution in [0.3, 0.4) is 0 Å². The molecule has 0 bridgehead atoms. The number of aryl methyl sites for hydroxylation is 1. The smallest absolute Gasteiger partial charge is 0.249 e. The number of thiophene rings is 1. The van der Waals surface area contributed by atoms with Crippen LogP contribution in [0.1, 0.15) is 16.1 Å². The highest BCUT2D eigenvalue weighted by Gasteiger charge is 2.47. The van der Waals surface area contributed by atoms with Gasteiger partial charge >= 0.3 is 0 Å². The maximum atomic E-state index is 13.6. The van der Waals surface area contributed by atoms with Crippen molar-refractivity contribution in [2.75, 3.05) is 13.1 Å². The number of hydrogen-bond donors (Lipinski definition) is 0. The maximum absolute atomic E-state index is 13.6. The number of sulfonamides is 1. The Kier molecular flexibility index (Phi) is 5.06. The number of hydrogen-bond acceptors (Lipinski definition) is 7. The summed E-state index contributed by atoms with van der Waals surface area (Å²) in [7, 11) is -3.78. The van der Waals surface area contributed by atoms with Crippen molar-refractivity contribution in [2.45, 2.75) is 37.1 Å². The molecule has 0 aromatic carbocycles. The van der Waals surface area contributed by atoms with Gasteiger partial charge in [0.15, 0.2) is 0 Å². The molecule has 7 nitrogen and oxygen atoms in total. The lowest BCUT2D eigenvalue weighted by molar-refractivity contribution is 0.143. The van der Waals surface area contributed by atoms with E-state index in [0.717, 1.165) is 6.54 Å². The maximum Gasteiger partial charge on any atom is 0.249 e. The van der Waals surface area contributed by atoms with Crippen LogP contribution in [0.25, 0.3) is 0 Å². The van der Waals surface area contributed by atoms with Gasteiger partial charge in [0.05, 0.1) is 18.3 Å². The molecule has 1 fully saturated rings. The van der Waals surface area contributed by atoms with E-state index in [-0.39, 0.29) is 29.5 Å². The number of pyridine rings is 2. The van der Waals surface area contributed by atoms with Gasteiger partial charge in [0.2, 0.25) is 15.9 Å². The van der Waals surface area contributed by atoms with Gasteiger partial charge in [0.1, 0.15) is 11.0 Å². The molecule has 2 atom stereocenters. The van der Waals surface area contributed by atoms with Gasteiger partial charge in [-0.05, 0) is 48.2 Å². The van der Waals surface area contributed by atoms with Crippen LogP contribution in [0.5, 0.6) is 5.88 Å². The number of fused-ring (bicyclic) bond motifs is 2. The monoisotopic (exact) mass is 442 g/mol. The van der Waals surface area contributed by atoms with Crippen molar-refractivity contribution in [1.29, 1.82) is 0 Å². The molecule has 2 aliphatic heterocycles. The molecule has 5 heterocycles. The predicted molar refractivity (Wildman–Crippen MR) is 114 cm³/mol. The van der Waals surface area contributed by atoms with Gasteiger partial charge in [-0.2, -0.15) is 4.31 Å². The molecule has 1 saturated heterocycles. The highest BCUT2D eigenvalue weighted by molar-refractivity contribution is 7.89. The van der Waals surface area contributed by atoms with Gasteiger partial charge in [0, 0.05) is 36.9 Å². The molecule has 2 aliphatic rings. The first-order valence-electron chi connectivity index (χ1n) is 9.81. The quantitative estimate of drug-likeness (QED) is 0.618. The summed E-state index contributed by atoms with van der Waals surface area (Å²) in [6.45, 7) is 4.34. The van der Waals surface area contributed by atoms with E-state index in [4.69, 9.17) is 4.74 Å². The van der Waals surface area contributed by atoms with Gasteiger partial charge in [0.25, 0.3) is 0 Å². The summed E-state index contributed by atoms with van der Waals surface area (Å²) in [5.74, 6) is 0.185. The van der Waals surface area contributed by atoms with Crippen LogP contribution in [0.2, 0.25) is 0 Å². The van der Waals surface area contributed by atoms with Crippen LogP contribution in [0.15, 0.2) is 59.1 Å². The fourth-order valence-electron chi connectivity index (χ4n) is 4.09. The molecule has 0 radical (unpaired) electrons. The van der Waals surface area contributed by atoms with Crippen LogP contribution < -0.4 is 4.74 Å². The standard InChI is InChI=1S/C21H22N4O3S2/c1-15-7-10-29-19(15)14-24-12-17-18(13-24)28-21-20(6-4-9-23-21)30(26,27)25(17)11-16-5-2-3-8-22-16/h2-10,17-18H,11-14H2,1H3/t17-,18-/m1/s1. The summed E-state index contributed by atoms with van der Waals surface area (Å²) in [6.07, 6.45) is 2.96. The molecule has 0 N–H and O–H groups in total. The Balaban J connectivity index is 1.51. The minimum absolute atomic E-state index is 0.121. The normalized spacial score (nSPS) is 23.4. The van der Waals surface area contributed by atoms with E-state index in [9.17, 15) is 8.42 Å². The van der Waals surface area contributed by atoms with Crippen LogP contribution in [0, 0.1) is 6.92 Å². The first kappa shape index (κ1) is 19.6. The molecule has 0 saturated carbocycles. The highest BCUT2D eigenvalue weighted by Crippen LogP contribution is 2.36. The molecule has 9 heteroatoms. The molecule has 0 amide bonds. The lowest BCUT2D eigenvalue weighted by Crippen LogP contribution is -2.46. The summed E-state index contributed by atoms with van der Waals surface area (Å²) >= 11 is 1.73. The first-order chi connectivity index (χ1) is 14.5. The zero-order chi connectivity index (χ0) is 20.7. The van der Waals surface area contributed by atoms with E-state index in [1.807, 2.05) is 18.2 Å².